The van der Waals surface area contributed by atoms with Gasteiger partial charge in [-0.15, -0.1) is 0 Å². The molecule has 0 fully saturated rings. The summed E-state index contributed by atoms with van der Waals surface area (Å²) in [7, 11) is 0. The van der Waals surface area contributed by atoms with Crippen LogP contribution < -0.4 is 5.73 Å². The first kappa shape index (κ1) is 11.6. The second kappa shape index (κ2) is 4.97. The van der Waals surface area contributed by atoms with E-state index >= 15 is 0 Å². The maximum absolute atomic E-state index is 6.27. The van der Waals surface area contributed by atoms with E-state index in [0.29, 0.717) is 0 Å². The average Bonchev–Trinajstić information content (AvgIpc) is 2.77. The van der Waals surface area contributed by atoms with Gasteiger partial charge in [0, 0.05) is 16.3 Å². The third kappa shape index (κ3) is 2.12. The van der Waals surface area contributed by atoms with Crippen LogP contribution in [-0.4, -0.2) is 9.78 Å². The predicted octanol–water partition coefficient (Wildman–Crippen LogP) is 2.56. The van der Waals surface area contributed by atoms with Crippen molar-refractivity contribution >= 4 is 22.6 Å². The van der Waals surface area contributed by atoms with Gasteiger partial charge in [0.2, 0.25) is 0 Å². The molecule has 2 rings (SSSR count). The maximum Gasteiger partial charge on any atom is 0.0733 e. The summed E-state index contributed by atoms with van der Waals surface area (Å²) < 4.78 is 3.13. The van der Waals surface area contributed by atoms with Crippen LogP contribution in [0.3, 0.4) is 0 Å². The van der Waals surface area contributed by atoms with Gasteiger partial charge < -0.3 is 5.73 Å². The quantitative estimate of drug-likeness (QED) is 0.881. The lowest BCUT2D eigenvalue weighted by Gasteiger charge is -2.15. The summed E-state index contributed by atoms with van der Waals surface area (Å²) in [6.45, 7) is 2.92. The van der Waals surface area contributed by atoms with Crippen molar-refractivity contribution < 1.29 is 0 Å². The van der Waals surface area contributed by atoms with E-state index in [2.05, 4.69) is 46.7 Å². The molecule has 0 saturated heterocycles. The van der Waals surface area contributed by atoms with Crippen LogP contribution in [-0.2, 0) is 6.54 Å². The molecule has 0 aliphatic carbocycles. The van der Waals surface area contributed by atoms with E-state index in [9.17, 15) is 0 Å². The van der Waals surface area contributed by atoms with Gasteiger partial charge in [-0.25, -0.2) is 0 Å². The molecule has 1 aromatic carbocycles. The second-order valence-electron chi connectivity index (χ2n) is 3.57. The summed E-state index contributed by atoms with van der Waals surface area (Å²) in [6, 6.07) is 10.1. The molecule has 2 aromatic rings. The van der Waals surface area contributed by atoms with Gasteiger partial charge >= 0.3 is 0 Å². The van der Waals surface area contributed by atoms with Crippen molar-refractivity contribution in [1.29, 1.82) is 0 Å². The van der Waals surface area contributed by atoms with Crippen molar-refractivity contribution in [1.82, 2.24) is 9.78 Å². The molecule has 1 aromatic heterocycles. The molecule has 84 valence electrons. The van der Waals surface area contributed by atoms with Crippen LogP contribution in [0.5, 0.6) is 0 Å². The predicted molar refractivity (Wildman–Crippen MR) is 73.1 cm³/mol. The highest BCUT2D eigenvalue weighted by Crippen LogP contribution is 2.23. The van der Waals surface area contributed by atoms with Gasteiger partial charge in [0.25, 0.3) is 0 Å². The van der Waals surface area contributed by atoms with Crippen molar-refractivity contribution in [2.24, 2.45) is 5.73 Å². The summed E-state index contributed by atoms with van der Waals surface area (Å²) in [4.78, 5) is 0. The summed E-state index contributed by atoms with van der Waals surface area (Å²) in [5, 5.41) is 4.25. The number of aryl methyl sites for hydroxylation is 1. The van der Waals surface area contributed by atoms with Crippen molar-refractivity contribution in [2.45, 2.75) is 19.5 Å². The van der Waals surface area contributed by atoms with Gasteiger partial charge in [0.05, 0.1) is 11.7 Å². The molecular weight excluding hydrogens is 313 g/mol. The number of aromatic nitrogens is 2. The molecule has 0 bridgehead atoms. The number of benzene rings is 1. The molecule has 1 unspecified atom stereocenters. The minimum Gasteiger partial charge on any atom is -0.319 e. The van der Waals surface area contributed by atoms with Gasteiger partial charge in [0.15, 0.2) is 0 Å². The number of halogens is 1. The lowest BCUT2D eigenvalue weighted by molar-refractivity contribution is 0.600. The molecular formula is C12H14IN3. The Bertz CT molecular complexity index is 479. The SMILES string of the molecule is CCn1nccc1C(N)c1ccccc1I. The van der Waals surface area contributed by atoms with Gasteiger partial charge in [-0.3, -0.25) is 4.68 Å². The van der Waals surface area contributed by atoms with Crippen molar-refractivity contribution in [2.75, 3.05) is 0 Å². The van der Waals surface area contributed by atoms with E-state index < -0.39 is 0 Å². The van der Waals surface area contributed by atoms with Crippen LogP contribution in [0.4, 0.5) is 0 Å². The maximum atomic E-state index is 6.27. The topological polar surface area (TPSA) is 43.8 Å². The standard InChI is InChI=1S/C12H14IN3/c1-2-16-11(7-8-15-16)12(14)9-5-3-4-6-10(9)13/h3-8,12H,2,14H2,1H3. The molecule has 16 heavy (non-hydrogen) atoms. The Labute approximate surface area is 109 Å². The van der Waals surface area contributed by atoms with Gasteiger partial charge in [-0.05, 0) is 47.2 Å². The first-order valence-corrected chi connectivity index (χ1v) is 6.33. The molecule has 0 spiro atoms. The van der Waals surface area contributed by atoms with Crippen molar-refractivity contribution in [3.05, 3.63) is 51.4 Å². The van der Waals surface area contributed by atoms with E-state index in [1.54, 1.807) is 6.20 Å². The molecule has 0 aliphatic rings. The minimum atomic E-state index is -0.101. The van der Waals surface area contributed by atoms with Crippen LogP contribution >= 0.6 is 22.6 Å². The molecule has 2 N–H and O–H groups in total. The summed E-state index contributed by atoms with van der Waals surface area (Å²) in [5.41, 5.74) is 8.49. The smallest absolute Gasteiger partial charge is 0.0733 e. The van der Waals surface area contributed by atoms with E-state index in [1.165, 1.54) is 3.57 Å². The Balaban J connectivity index is 2.39. The monoisotopic (exact) mass is 327 g/mol. The third-order valence-corrected chi connectivity index (χ3v) is 3.59. The average molecular weight is 327 g/mol. The van der Waals surface area contributed by atoms with Gasteiger partial charge in [-0.1, -0.05) is 18.2 Å². The first-order valence-electron chi connectivity index (χ1n) is 5.25. The number of nitrogens with zero attached hydrogens (tertiary/aromatic N) is 2. The van der Waals surface area contributed by atoms with E-state index in [4.69, 9.17) is 5.73 Å². The largest absolute Gasteiger partial charge is 0.319 e. The van der Waals surface area contributed by atoms with Gasteiger partial charge in [0.1, 0.15) is 0 Å². The fraction of sp³-hybridized carbons (Fsp3) is 0.250. The van der Waals surface area contributed by atoms with E-state index in [1.807, 2.05) is 22.9 Å². The zero-order valence-electron chi connectivity index (χ0n) is 9.10. The van der Waals surface area contributed by atoms with Crippen LogP contribution in [0, 0.1) is 3.57 Å². The molecule has 0 aliphatic heterocycles. The zero-order valence-corrected chi connectivity index (χ0v) is 11.3. The molecule has 1 heterocycles. The fourth-order valence-corrected chi connectivity index (χ4v) is 2.48. The van der Waals surface area contributed by atoms with Crippen LogP contribution in [0.15, 0.2) is 36.5 Å². The van der Waals surface area contributed by atoms with Gasteiger partial charge in [-0.2, -0.15) is 5.10 Å². The molecule has 1 atom stereocenters. The zero-order chi connectivity index (χ0) is 11.5. The highest BCUT2D eigenvalue weighted by Gasteiger charge is 2.15. The number of hydrogen-bond donors (Lipinski definition) is 1. The Kier molecular flexibility index (Phi) is 3.60. The Hall–Kier alpha value is -0.880. The first-order chi connectivity index (χ1) is 7.74. The highest BCUT2D eigenvalue weighted by molar-refractivity contribution is 14.1. The summed E-state index contributed by atoms with van der Waals surface area (Å²) in [6.07, 6.45) is 1.80. The van der Waals surface area contributed by atoms with Crippen LogP contribution in [0.1, 0.15) is 24.2 Å². The molecule has 0 radical (unpaired) electrons. The van der Waals surface area contributed by atoms with E-state index in [-0.39, 0.29) is 6.04 Å². The normalized spacial score (nSPS) is 12.7. The summed E-state index contributed by atoms with van der Waals surface area (Å²) >= 11 is 2.31. The number of hydrogen-bond acceptors (Lipinski definition) is 2. The lowest BCUT2D eigenvalue weighted by atomic mass is 10.1. The fourth-order valence-electron chi connectivity index (χ4n) is 1.76. The minimum absolute atomic E-state index is 0.101. The number of rotatable bonds is 3. The van der Waals surface area contributed by atoms with Crippen molar-refractivity contribution in [3.8, 4) is 0 Å². The Morgan fingerprint density at radius 2 is 2.12 bits per heavy atom. The summed E-state index contributed by atoms with van der Waals surface area (Å²) in [5.74, 6) is 0. The Morgan fingerprint density at radius 1 is 1.38 bits per heavy atom. The third-order valence-electron chi connectivity index (χ3n) is 2.61. The molecule has 4 heteroatoms. The molecule has 0 saturated carbocycles. The lowest BCUT2D eigenvalue weighted by Crippen LogP contribution is -2.18. The van der Waals surface area contributed by atoms with Crippen molar-refractivity contribution in [3.63, 3.8) is 0 Å². The van der Waals surface area contributed by atoms with E-state index in [0.717, 1.165) is 17.8 Å². The number of nitrogens with two attached hydrogens (primary N) is 1. The molecule has 0 amide bonds. The highest BCUT2D eigenvalue weighted by atomic mass is 127. The van der Waals surface area contributed by atoms with Crippen LogP contribution in [0.25, 0.3) is 0 Å². The Morgan fingerprint density at radius 3 is 2.81 bits per heavy atom. The molecule has 3 nitrogen and oxygen atoms in total. The second-order valence-corrected chi connectivity index (χ2v) is 4.73. The van der Waals surface area contributed by atoms with Crippen LogP contribution in [0.2, 0.25) is 0 Å².